The number of hydrogen-bond donors (Lipinski definition) is 0. The van der Waals surface area contributed by atoms with Gasteiger partial charge in [0.25, 0.3) is 0 Å². The molecule has 0 amide bonds. The number of hydrogen-bond acceptors (Lipinski definition) is 6. The molecule has 0 saturated heterocycles. The monoisotopic (exact) mass is 520 g/mol. The molecule has 0 aliphatic rings. The maximum atomic E-state index is 12.7. The molecule has 4 aromatic rings. The maximum absolute atomic E-state index is 12.7. The first kappa shape index (κ1) is 22.3. The Bertz CT molecular complexity index is 1270. The smallest absolute Gasteiger partial charge is 0.323 e. The van der Waals surface area contributed by atoms with Crippen LogP contribution < -0.4 is 0 Å². The topological polar surface area (TPSA) is 63.0 Å². The third-order valence-corrected chi connectivity index (χ3v) is 7.41. The Balaban J connectivity index is 1.89. The van der Waals surface area contributed by atoms with E-state index in [9.17, 15) is 10.1 Å². The Kier molecular flexibility index (Phi) is 7.05. The SMILES string of the molecule is COC(=O)C(Sc1nc(-c2cccs2)cc(-c2ccc(Br)cc2)c1C#N)c1ccccc1. The third-order valence-electron chi connectivity index (χ3n) is 4.77. The number of carbonyl (C=O) groups excluding carboxylic acids is 1. The van der Waals surface area contributed by atoms with E-state index in [0.717, 1.165) is 31.7 Å². The zero-order chi connectivity index (χ0) is 22.5. The van der Waals surface area contributed by atoms with Crippen LogP contribution in [0.3, 0.4) is 0 Å². The van der Waals surface area contributed by atoms with Gasteiger partial charge in [-0.25, -0.2) is 4.98 Å². The van der Waals surface area contributed by atoms with Crippen LogP contribution in [-0.4, -0.2) is 18.1 Å². The van der Waals surface area contributed by atoms with Crippen molar-refractivity contribution in [1.82, 2.24) is 4.98 Å². The van der Waals surface area contributed by atoms with E-state index < -0.39 is 11.2 Å². The fraction of sp³-hybridized carbons (Fsp3) is 0.0800. The molecule has 4 nitrogen and oxygen atoms in total. The number of thioether (sulfide) groups is 1. The molecule has 2 aromatic carbocycles. The van der Waals surface area contributed by atoms with Gasteiger partial charge in [-0.15, -0.1) is 11.3 Å². The molecule has 0 radical (unpaired) electrons. The number of carbonyl (C=O) groups is 1. The Labute approximate surface area is 203 Å². The molecule has 158 valence electrons. The minimum Gasteiger partial charge on any atom is -0.468 e. The highest BCUT2D eigenvalue weighted by molar-refractivity contribution is 9.10. The second-order valence-electron chi connectivity index (χ2n) is 6.76. The molecule has 0 aliphatic carbocycles. The van der Waals surface area contributed by atoms with E-state index in [4.69, 9.17) is 9.72 Å². The zero-order valence-corrected chi connectivity index (χ0v) is 20.2. The summed E-state index contributed by atoms with van der Waals surface area (Å²) in [7, 11) is 1.37. The second kappa shape index (κ2) is 10.1. The molecule has 1 unspecified atom stereocenters. The van der Waals surface area contributed by atoms with Gasteiger partial charge in [-0.3, -0.25) is 4.79 Å². The first-order valence-electron chi connectivity index (χ1n) is 9.65. The molecule has 2 heterocycles. The molecule has 0 spiro atoms. The van der Waals surface area contributed by atoms with Gasteiger partial charge in [0.1, 0.15) is 16.3 Å². The summed E-state index contributed by atoms with van der Waals surface area (Å²) in [6.45, 7) is 0. The number of nitrogens with zero attached hydrogens (tertiary/aromatic N) is 2. The highest BCUT2D eigenvalue weighted by Crippen LogP contribution is 2.41. The van der Waals surface area contributed by atoms with Crippen LogP contribution in [0.2, 0.25) is 0 Å². The molecule has 32 heavy (non-hydrogen) atoms. The van der Waals surface area contributed by atoms with Gasteiger partial charge in [0.15, 0.2) is 0 Å². The summed E-state index contributed by atoms with van der Waals surface area (Å²) in [5.41, 5.74) is 3.67. The van der Waals surface area contributed by atoms with Gasteiger partial charge in [0.05, 0.1) is 23.2 Å². The molecule has 4 rings (SSSR count). The lowest BCUT2D eigenvalue weighted by Crippen LogP contribution is -2.12. The van der Waals surface area contributed by atoms with Gasteiger partial charge >= 0.3 is 5.97 Å². The largest absolute Gasteiger partial charge is 0.468 e. The van der Waals surface area contributed by atoms with Crippen molar-refractivity contribution in [3.8, 4) is 27.8 Å². The van der Waals surface area contributed by atoms with Crippen LogP contribution in [0.1, 0.15) is 16.4 Å². The number of pyridine rings is 1. The highest BCUT2D eigenvalue weighted by atomic mass is 79.9. The minimum absolute atomic E-state index is 0.390. The standard InChI is InChI=1S/C25H17BrN2O2S2/c1-30-25(29)23(17-6-3-2-4-7-17)32-24-20(15-27)19(16-9-11-18(26)12-10-16)14-21(28-24)22-8-5-13-31-22/h2-14,23H,1H3. The van der Waals surface area contributed by atoms with Crippen LogP contribution in [0.4, 0.5) is 0 Å². The van der Waals surface area contributed by atoms with Crippen LogP contribution in [0, 0.1) is 11.3 Å². The average molecular weight is 521 g/mol. The predicted octanol–water partition coefficient (Wildman–Crippen LogP) is 7.12. The number of ether oxygens (including phenoxy) is 1. The number of halogens is 1. The van der Waals surface area contributed by atoms with E-state index in [1.807, 2.05) is 78.2 Å². The molecular weight excluding hydrogens is 504 g/mol. The summed E-state index contributed by atoms with van der Waals surface area (Å²) in [5, 5.41) is 11.9. The number of methoxy groups -OCH3 is 1. The molecular formula is C25H17BrN2O2S2. The number of aromatic nitrogens is 1. The second-order valence-corrected chi connectivity index (χ2v) is 9.72. The van der Waals surface area contributed by atoms with Gasteiger partial charge < -0.3 is 4.74 Å². The summed E-state index contributed by atoms with van der Waals surface area (Å²) in [6.07, 6.45) is 0. The predicted molar refractivity (Wildman–Crippen MR) is 132 cm³/mol. The zero-order valence-electron chi connectivity index (χ0n) is 17.0. The van der Waals surface area contributed by atoms with Gasteiger partial charge in [-0.2, -0.15) is 5.26 Å². The Morgan fingerprint density at radius 1 is 1.12 bits per heavy atom. The van der Waals surface area contributed by atoms with Crippen molar-refractivity contribution in [2.75, 3.05) is 7.11 Å². The lowest BCUT2D eigenvalue weighted by Gasteiger charge is -2.17. The molecule has 0 saturated carbocycles. The first-order chi connectivity index (χ1) is 15.6. The lowest BCUT2D eigenvalue weighted by molar-refractivity contribution is -0.140. The summed E-state index contributed by atoms with van der Waals surface area (Å²) < 4.78 is 6.02. The number of benzene rings is 2. The van der Waals surface area contributed by atoms with Crippen LogP contribution >= 0.6 is 39.0 Å². The average Bonchev–Trinajstić information content (AvgIpc) is 3.37. The van der Waals surface area contributed by atoms with E-state index in [0.29, 0.717) is 10.6 Å². The van der Waals surface area contributed by atoms with Crippen LogP contribution in [-0.2, 0) is 9.53 Å². The summed E-state index contributed by atoms with van der Waals surface area (Å²) in [6, 6.07) is 25.4. The van der Waals surface area contributed by atoms with Crippen LogP contribution in [0.15, 0.2) is 87.7 Å². The molecule has 0 aliphatic heterocycles. The van der Waals surface area contributed by atoms with Crippen molar-refractivity contribution >= 4 is 45.0 Å². The van der Waals surface area contributed by atoms with Crippen molar-refractivity contribution in [2.45, 2.75) is 10.3 Å². The fourth-order valence-electron chi connectivity index (χ4n) is 3.22. The summed E-state index contributed by atoms with van der Waals surface area (Å²) in [5.74, 6) is -0.390. The van der Waals surface area contributed by atoms with E-state index in [1.165, 1.54) is 18.9 Å². The number of rotatable bonds is 6. The molecule has 1 atom stereocenters. The third kappa shape index (κ3) is 4.78. The van der Waals surface area contributed by atoms with Crippen molar-refractivity contribution < 1.29 is 9.53 Å². The van der Waals surface area contributed by atoms with Crippen molar-refractivity contribution in [2.24, 2.45) is 0 Å². The van der Waals surface area contributed by atoms with Crippen LogP contribution in [0.25, 0.3) is 21.7 Å². The van der Waals surface area contributed by atoms with E-state index in [1.54, 1.807) is 11.3 Å². The van der Waals surface area contributed by atoms with Crippen molar-refractivity contribution in [3.05, 3.63) is 93.8 Å². The normalized spacial score (nSPS) is 11.5. The molecule has 0 fully saturated rings. The van der Waals surface area contributed by atoms with Gasteiger partial charge in [0.2, 0.25) is 0 Å². The molecule has 2 aromatic heterocycles. The van der Waals surface area contributed by atoms with Gasteiger partial charge in [-0.1, -0.05) is 76.2 Å². The molecule has 7 heteroatoms. The quantitative estimate of drug-likeness (QED) is 0.200. The van der Waals surface area contributed by atoms with E-state index in [-0.39, 0.29) is 0 Å². The fourth-order valence-corrected chi connectivity index (χ4v) is 5.31. The molecule has 0 bridgehead atoms. The number of nitriles is 1. The maximum Gasteiger partial charge on any atom is 0.323 e. The van der Waals surface area contributed by atoms with Gasteiger partial charge in [0, 0.05) is 10.0 Å². The summed E-state index contributed by atoms with van der Waals surface area (Å²) >= 11 is 6.28. The van der Waals surface area contributed by atoms with E-state index in [2.05, 4.69) is 22.0 Å². The van der Waals surface area contributed by atoms with Crippen molar-refractivity contribution in [3.63, 3.8) is 0 Å². The molecule has 0 N–H and O–H groups in total. The van der Waals surface area contributed by atoms with Crippen molar-refractivity contribution in [1.29, 1.82) is 5.26 Å². The Morgan fingerprint density at radius 3 is 2.50 bits per heavy atom. The van der Waals surface area contributed by atoms with Crippen LogP contribution in [0.5, 0.6) is 0 Å². The number of esters is 1. The lowest BCUT2D eigenvalue weighted by atomic mass is 10.0. The number of thiophene rings is 1. The van der Waals surface area contributed by atoms with Gasteiger partial charge in [-0.05, 0) is 40.8 Å². The minimum atomic E-state index is -0.642. The Morgan fingerprint density at radius 2 is 1.88 bits per heavy atom. The summed E-state index contributed by atoms with van der Waals surface area (Å²) in [4.78, 5) is 18.5. The first-order valence-corrected chi connectivity index (χ1v) is 12.2. The highest BCUT2D eigenvalue weighted by Gasteiger charge is 2.26. The Hall–Kier alpha value is -2.92. The van der Waals surface area contributed by atoms with E-state index >= 15 is 0 Å².